The number of thiazole rings is 1. The Morgan fingerprint density at radius 3 is 2.74 bits per heavy atom. The molecule has 0 saturated heterocycles. The van der Waals surface area contributed by atoms with Gasteiger partial charge in [0.2, 0.25) is 0 Å². The van der Waals surface area contributed by atoms with E-state index in [0.29, 0.717) is 35.5 Å². The molecule has 3 rings (SSSR count). The number of fused-ring (bicyclic) bond motifs is 1. The molecule has 34 heavy (non-hydrogen) atoms. The average molecular weight is 508 g/mol. The first-order valence-electron chi connectivity index (χ1n) is 10.9. The molecule has 3 aromatic rings. The minimum Gasteiger partial charge on any atom is -0.506 e. The smallest absolute Gasteiger partial charge is 0.405 e. The Hall–Kier alpha value is -2.57. The van der Waals surface area contributed by atoms with Crippen LogP contribution in [0.4, 0.5) is 4.79 Å². The number of aromatic hydroxyl groups is 1. The first kappa shape index (κ1) is 26.0. The fourth-order valence-electron chi connectivity index (χ4n) is 3.42. The Morgan fingerprint density at radius 1 is 1.18 bits per heavy atom. The van der Waals surface area contributed by atoms with Crippen molar-refractivity contribution in [3.05, 3.63) is 63.3 Å². The second-order valence-corrected chi connectivity index (χ2v) is 9.77. The fraction of sp³-hybridized carbons (Fsp3) is 0.391. The third kappa shape index (κ3) is 7.74. The maximum atomic E-state index is 11.6. The number of phenolic OH excluding ortho intramolecular Hbond substituents is 1. The summed E-state index contributed by atoms with van der Waals surface area (Å²) in [6, 6.07) is 12.1. The van der Waals surface area contributed by atoms with Crippen molar-refractivity contribution in [2.45, 2.75) is 18.6 Å². The van der Waals surface area contributed by atoms with Gasteiger partial charge in [0, 0.05) is 31.0 Å². The molecule has 9 nitrogen and oxygen atoms in total. The van der Waals surface area contributed by atoms with E-state index < -0.39 is 18.2 Å². The van der Waals surface area contributed by atoms with Crippen molar-refractivity contribution in [2.75, 3.05) is 37.8 Å². The number of carboxylic acid groups (broad SMARTS) is 1. The van der Waals surface area contributed by atoms with Crippen molar-refractivity contribution >= 4 is 39.4 Å². The topological polar surface area (TPSA) is 144 Å². The minimum absolute atomic E-state index is 0.00799. The van der Waals surface area contributed by atoms with Crippen molar-refractivity contribution in [2.24, 2.45) is 0 Å². The standard InChI is InChI=1S/C23H29N3O6S2/c27-18-8-7-16(21-20(18)26-23(31)34-21)19(28)13-24-9-12-33-11-4-10-32-14-17(25-22(29)30)15-5-2-1-3-6-15/h1-3,5-8,17,19,24-25,27-28H,4,9-14H2,(H,26,31)(H,29,30)/t17-,19-/m0/s1. The molecule has 0 aliphatic carbocycles. The van der Waals surface area contributed by atoms with Gasteiger partial charge >= 0.3 is 11.0 Å². The van der Waals surface area contributed by atoms with Crippen LogP contribution in [0.1, 0.15) is 29.7 Å². The number of aromatic amines is 1. The molecule has 1 heterocycles. The summed E-state index contributed by atoms with van der Waals surface area (Å²) in [5.74, 6) is 1.76. The number of amides is 1. The van der Waals surface area contributed by atoms with E-state index in [2.05, 4.69) is 15.6 Å². The number of aliphatic hydroxyl groups excluding tert-OH is 1. The normalized spacial score (nSPS) is 13.1. The van der Waals surface area contributed by atoms with Gasteiger partial charge in [-0.3, -0.25) is 4.79 Å². The van der Waals surface area contributed by atoms with E-state index in [0.717, 1.165) is 34.8 Å². The van der Waals surface area contributed by atoms with Crippen molar-refractivity contribution in [1.82, 2.24) is 15.6 Å². The number of aliphatic hydroxyl groups is 1. The molecule has 1 amide bonds. The van der Waals surface area contributed by atoms with E-state index in [1.54, 1.807) is 17.8 Å². The third-order valence-electron chi connectivity index (χ3n) is 5.07. The van der Waals surface area contributed by atoms with Crippen LogP contribution in [0.25, 0.3) is 10.2 Å². The lowest BCUT2D eigenvalue weighted by molar-refractivity contribution is 0.109. The molecule has 6 N–H and O–H groups in total. The quantitative estimate of drug-likeness (QED) is 0.183. The summed E-state index contributed by atoms with van der Waals surface area (Å²) in [4.78, 5) is 24.9. The molecule has 2 atom stereocenters. The molecule has 11 heteroatoms. The molecule has 0 unspecified atom stereocenters. The van der Waals surface area contributed by atoms with Crippen LogP contribution in [0.5, 0.6) is 5.75 Å². The summed E-state index contributed by atoms with van der Waals surface area (Å²) < 4.78 is 6.25. The SMILES string of the molecule is O=C(O)N[C@@H](COCCCSCCNC[C@H](O)c1ccc(O)c2[nH]c(=O)sc12)c1ccccc1. The summed E-state index contributed by atoms with van der Waals surface area (Å²) in [6.45, 7) is 1.87. The molecule has 0 radical (unpaired) electrons. The molecular weight excluding hydrogens is 478 g/mol. The average Bonchev–Trinajstić information content (AvgIpc) is 3.22. The number of aromatic nitrogens is 1. The van der Waals surface area contributed by atoms with Crippen LogP contribution in [-0.2, 0) is 4.74 Å². The molecule has 0 fully saturated rings. The molecule has 0 bridgehead atoms. The van der Waals surface area contributed by atoms with Crippen molar-refractivity contribution < 1.29 is 24.9 Å². The Morgan fingerprint density at radius 2 is 1.97 bits per heavy atom. The molecular formula is C23H29N3O6S2. The summed E-state index contributed by atoms with van der Waals surface area (Å²) in [7, 11) is 0. The number of carbonyl (C=O) groups is 1. The van der Waals surface area contributed by atoms with E-state index in [1.165, 1.54) is 6.07 Å². The Labute approximate surface area is 205 Å². The molecule has 184 valence electrons. The van der Waals surface area contributed by atoms with E-state index in [1.807, 2.05) is 30.3 Å². The van der Waals surface area contributed by atoms with E-state index in [9.17, 15) is 19.8 Å². The van der Waals surface area contributed by atoms with Gasteiger partial charge in [-0.05, 0) is 23.8 Å². The summed E-state index contributed by atoms with van der Waals surface area (Å²) in [6.07, 6.45) is -1.02. The van der Waals surface area contributed by atoms with Gasteiger partial charge in [-0.2, -0.15) is 11.8 Å². The zero-order chi connectivity index (χ0) is 24.3. The van der Waals surface area contributed by atoms with Crippen LogP contribution in [0.15, 0.2) is 47.3 Å². The van der Waals surface area contributed by atoms with Crippen molar-refractivity contribution in [3.8, 4) is 5.75 Å². The van der Waals surface area contributed by atoms with Crippen LogP contribution in [0.2, 0.25) is 0 Å². The van der Waals surface area contributed by atoms with E-state index in [4.69, 9.17) is 9.84 Å². The maximum Gasteiger partial charge on any atom is 0.405 e. The number of nitrogens with one attached hydrogen (secondary N) is 3. The van der Waals surface area contributed by atoms with Gasteiger partial charge in [0.25, 0.3) is 0 Å². The van der Waals surface area contributed by atoms with Crippen LogP contribution in [0.3, 0.4) is 0 Å². The van der Waals surface area contributed by atoms with Crippen molar-refractivity contribution in [3.63, 3.8) is 0 Å². The number of benzene rings is 2. The molecule has 0 spiro atoms. The number of thioether (sulfide) groups is 1. The highest BCUT2D eigenvalue weighted by Crippen LogP contribution is 2.31. The Kier molecular flexibility index (Phi) is 10.2. The zero-order valence-electron chi connectivity index (χ0n) is 18.5. The monoisotopic (exact) mass is 507 g/mol. The molecule has 2 aromatic carbocycles. The summed E-state index contributed by atoms with van der Waals surface area (Å²) in [5, 5.41) is 35.1. The second-order valence-electron chi connectivity index (χ2n) is 7.57. The predicted octanol–water partition coefficient (Wildman–Crippen LogP) is 3.07. The number of hydrogen-bond acceptors (Lipinski definition) is 8. The van der Waals surface area contributed by atoms with Gasteiger partial charge in [0.15, 0.2) is 0 Å². The van der Waals surface area contributed by atoms with Crippen LogP contribution in [0, 0.1) is 0 Å². The summed E-state index contributed by atoms with van der Waals surface area (Å²) in [5.41, 5.74) is 1.84. The highest BCUT2D eigenvalue weighted by molar-refractivity contribution is 7.99. The van der Waals surface area contributed by atoms with Gasteiger partial charge < -0.3 is 35.7 Å². The van der Waals surface area contributed by atoms with Gasteiger partial charge in [0.05, 0.1) is 23.5 Å². The predicted molar refractivity (Wildman–Crippen MR) is 135 cm³/mol. The van der Waals surface area contributed by atoms with Gasteiger partial charge in [-0.1, -0.05) is 47.7 Å². The Balaban J connectivity index is 1.28. The van der Waals surface area contributed by atoms with Crippen molar-refractivity contribution in [1.29, 1.82) is 0 Å². The fourth-order valence-corrected chi connectivity index (χ4v) is 5.15. The molecule has 0 aliphatic heterocycles. The number of phenols is 1. The largest absolute Gasteiger partial charge is 0.506 e. The highest BCUT2D eigenvalue weighted by Gasteiger charge is 2.16. The number of rotatable bonds is 14. The minimum atomic E-state index is -1.08. The number of ether oxygens (including phenoxy) is 1. The maximum absolute atomic E-state index is 11.6. The van der Waals surface area contributed by atoms with Gasteiger partial charge in [-0.15, -0.1) is 0 Å². The third-order valence-corrected chi connectivity index (χ3v) is 7.07. The first-order chi connectivity index (χ1) is 16.5. The van der Waals surface area contributed by atoms with E-state index >= 15 is 0 Å². The number of H-pyrrole nitrogens is 1. The van der Waals surface area contributed by atoms with Crippen LogP contribution >= 0.6 is 23.1 Å². The number of hydrogen-bond donors (Lipinski definition) is 6. The van der Waals surface area contributed by atoms with Gasteiger partial charge in [-0.25, -0.2) is 4.79 Å². The first-order valence-corrected chi connectivity index (χ1v) is 12.9. The molecule has 0 saturated carbocycles. The highest BCUT2D eigenvalue weighted by atomic mass is 32.2. The van der Waals surface area contributed by atoms with E-state index in [-0.39, 0.29) is 17.2 Å². The molecule has 0 aliphatic rings. The second kappa shape index (κ2) is 13.4. The van der Waals surface area contributed by atoms with Crippen LogP contribution < -0.4 is 15.5 Å². The lowest BCUT2D eigenvalue weighted by atomic mass is 10.1. The lowest BCUT2D eigenvalue weighted by Crippen LogP contribution is -2.30. The Bertz CT molecular complexity index is 1110. The zero-order valence-corrected chi connectivity index (χ0v) is 20.2. The molecule has 1 aromatic heterocycles. The summed E-state index contributed by atoms with van der Waals surface area (Å²) >= 11 is 2.74. The lowest BCUT2D eigenvalue weighted by Gasteiger charge is -2.17. The van der Waals surface area contributed by atoms with Gasteiger partial charge in [0.1, 0.15) is 11.3 Å². The van der Waals surface area contributed by atoms with Crippen LogP contribution in [-0.4, -0.2) is 64.2 Å².